The van der Waals surface area contributed by atoms with Gasteiger partial charge in [0.15, 0.2) is 5.82 Å². The lowest BCUT2D eigenvalue weighted by atomic mass is 10.2. The van der Waals surface area contributed by atoms with Crippen molar-refractivity contribution in [3.05, 3.63) is 23.8 Å². The standard InChI is InChI=1S/C13H23N3O/c1-5-6-12(17-4)13-14-8-7-11(16-13)9-15-10(2)3/h7-8,10,12,15H,5-6,9H2,1-4H3. The normalized spacial score (nSPS) is 13.0. The summed E-state index contributed by atoms with van der Waals surface area (Å²) < 4.78 is 5.41. The van der Waals surface area contributed by atoms with Gasteiger partial charge in [0.1, 0.15) is 6.10 Å². The number of nitrogens with zero attached hydrogens (tertiary/aromatic N) is 2. The van der Waals surface area contributed by atoms with Gasteiger partial charge in [0, 0.05) is 25.9 Å². The number of hydrogen-bond acceptors (Lipinski definition) is 4. The molecule has 1 heterocycles. The highest BCUT2D eigenvalue weighted by molar-refractivity contribution is 5.04. The molecule has 1 unspecified atom stereocenters. The number of hydrogen-bond donors (Lipinski definition) is 1. The van der Waals surface area contributed by atoms with Crippen LogP contribution in [0.5, 0.6) is 0 Å². The predicted molar refractivity (Wildman–Crippen MR) is 68.7 cm³/mol. The van der Waals surface area contributed by atoms with Gasteiger partial charge in [-0.15, -0.1) is 0 Å². The Labute approximate surface area is 104 Å². The molecule has 1 aromatic heterocycles. The van der Waals surface area contributed by atoms with E-state index in [0.717, 1.165) is 30.9 Å². The maximum Gasteiger partial charge on any atom is 0.157 e. The molecule has 4 nitrogen and oxygen atoms in total. The molecule has 1 aromatic rings. The van der Waals surface area contributed by atoms with Crippen molar-refractivity contribution < 1.29 is 4.74 Å². The summed E-state index contributed by atoms with van der Waals surface area (Å²) in [5.74, 6) is 0.789. The van der Waals surface area contributed by atoms with Gasteiger partial charge in [0.2, 0.25) is 0 Å². The van der Waals surface area contributed by atoms with E-state index in [9.17, 15) is 0 Å². The van der Waals surface area contributed by atoms with Crippen LogP contribution >= 0.6 is 0 Å². The van der Waals surface area contributed by atoms with Gasteiger partial charge in [-0.3, -0.25) is 0 Å². The first-order chi connectivity index (χ1) is 8.17. The van der Waals surface area contributed by atoms with Crippen LogP contribution in [0.15, 0.2) is 12.3 Å². The topological polar surface area (TPSA) is 47.0 Å². The van der Waals surface area contributed by atoms with E-state index in [1.807, 2.05) is 6.07 Å². The summed E-state index contributed by atoms with van der Waals surface area (Å²) >= 11 is 0. The van der Waals surface area contributed by atoms with Crippen LogP contribution < -0.4 is 5.32 Å². The Bertz CT molecular complexity index is 328. The quantitative estimate of drug-likeness (QED) is 0.791. The van der Waals surface area contributed by atoms with E-state index < -0.39 is 0 Å². The molecule has 0 aliphatic carbocycles. The van der Waals surface area contributed by atoms with Crippen molar-refractivity contribution in [2.45, 2.75) is 52.3 Å². The first-order valence-corrected chi connectivity index (χ1v) is 6.25. The van der Waals surface area contributed by atoms with Gasteiger partial charge in [-0.2, -0.15) is 0 Å². The van der Waals surface area contributed by atoms with E-state index in [1.165, 1.54) is 0 Å². The number of aromatic nitrogens is 2. The fraction of sp³-hybridized carbons (Fsp3) is 0.692. The van der Waals surface area contributed by atoms with E-state index in [1.54, 1.807) is 13.3 Å². The lowest BCUT2D eigenvalue weighted by Gasteiger charge is -2.14. The van der Waals surface area contributed by atoms with Gasteiger partial charge < -0.3 is 10.1 Å². The van der Waals surface area contributed by atoms with E-state index in [0.29, 0.717) is 6.04 Å². The Hall–Kier alpha value is -1.00. The second kappa shape index (κ2) is 7.35. The molecule has 0 aromatic carbocycles. The highest BCUT2D eigenvalue weighted by Gasteiger charge is 2.12. The maximum atomic E-state index is 5.41. The molecular formula is C13H23N3O. The number of rotatable bonds is 7. The van der Waals surface area contributed by atoms with Crippen molar-refractivity contribution in [1.82, 2.24) is 15.3 Å². The monoisotopic (exact) mass is 237 g/mol. The Morgan fingerprint density at radius 3 is 2.76 bits per heavy atom. The maximum absolute atomic E-state index is 5.41. The summed E-state index contributed by atoms with van der Waals surface area (Å²) in [7, 11) is 1.71. The third-order valence-electron chi connectivity index (χ3n) is 2.55. The summed E-state index contributed by atoms with van der Waals surface area (Å²) in [5.41, 5.74) is 1.02. The lowest BCUT2D eigenvalue weighted by molar-refractivity contribution is 0.0873. The molecule has 0 saturated heterocycles. The summed E-state index contributed by atoms with van der Waals surface area (Å²) in [6.45, 7) is 7.15. The first-order valence-electron chi connectivity index (χ1n) is 6.25. The largest absolute Gasteiger partial charge is 0.373 e. The van der Waals surface area contributed by atoms with Gasteiger partial charge in [0.25, 0.3) is 0 Å². The van der Waals surface area contributed by atoms with Crippen molar-refractivity contribution in [2.75, 3.05) is 7.11 Å². The summed E-state index contributed by atoms with van der Waals surface area (Å²) in [6, 6.07) is 2.40. The second-order valence-electron chi connectivity index (χ2n) is 4.45. The molecule has 0 aliphatic heterocycles. The molecule has 1 N–H and O–H groups in total. The van der Waals surface area contributed by atoms with Gasteiger partial charge >= 0.3 is 0 Å². The fourth-order valence-corrected chi connectivity index (χ4v) is 1.59. The summed E-state index contributed by atoms with van der Waals surface area (Å²) in [5, 5.41) is 3.35. The Morgan fingerprint density at radius 2 is 2.18 bits per heavy atom. The van der Waals surface area contributed by atoms with Crippen LogP contribution in [0.2, 0.25) is 0 Å². The van der Waals surface area contributed by atoms with E-state index in [4.69, 9.17) is 4.74 Å². The number of methoxy groups -OCH3 is 1. The predicted octanol–water partition coefficient (Wildman–Crippen LogP) is 2.46. The van der Waals surface area contributed by atoms with Gasteiger partial charge in [-0.05, 0) is 12.5 Å². The zero-order valence-corrected chi connectivity index (χ0v) is 11.2. The average molecular weight is 237 g/mol. The van der Waals surface area contributed by atoms with E-state index in [-0.39, 0.29) is 6.10 Å². The molecule has 0 aliphatic rings. The molecule has 0 fully saturated rings. The van der Waals surface area contributed by atoms with Crippen LogP contribution in [0, 0.1) is 0 Å². The van der Waals surface area contributed by atoms with Crippen molar-refractivity contribution in [3.63, 3.8) is 0 Å². The summed E-state index contributed by atoms with van der Waals surface area (Å²) in [6.07, 6.45) is 3.84. The van der Waals surface area contributed by atoms with Crippen LogP contribution in [0.4, 0.5) is 0 Å². The smallest absolute Gasteiger partial charge is 0.157 e. The molecule has 0 amide bonds. The van der Waals surface area contributed by atoms with Gasteiger partial charge in [0.05, 0.1) is 5.69 Å². The SMILES string of the molecule is CCCC(OC)c1nccc(CNC(C)C)n1. The average Bonchev–Trinajstić information content (AvgIpc) is 2.34. The van der Waals surface area contributed by atoms with Gasteiger partial charge in [-0.1, -0.05) is 27.2 Å². The Kier molecular flexibility index (Phi) is 6.08. The van der Waals surface area contributed by atoms with Crippen molar-refractivity contribution in [1.29, 1.82) is 0 Å². The van der Waals surface area contributed by atoms with Crippen LogP contribution in [-0.4, -0.2) is 23.1 Å². The molecular weight excluding hydrogens is 214 g/mol. The number of ether oxygens (including phenoxy) is 1. The third kappa shape index (κ3) is 4.79. The van der Waals surface area contributed by atoms with E-state index >= 15 is 0 Å². The molecule has 1 atom stereocenters. The van der Waals surface area contributed by atoms with Crippen LogP contribution in [0.1, 0.15) is 51.2 Å². The minimum atomic E-state index is 0.0130. The minimum absolute atomic E-state index is 0.0130. The van der Waals surface area contributed by atoms with Crippen LogP contribution in [-0.2, 0) is 11.3 Å². The van der Waals surface area contributed by atoms with Crippen LogP contribution in [0.25, 0.3) is 0 Å². The molecule has 96 valence electrons. The molecule has 0 saturated carbocycles. The highest BCUT2D eigenvalue weighted by atomic mass is 16.5. The van der Waals surface area contributed by atoms with Crippen molar-refractivity contribution in [2.24, 2.45) is 0 Å². The molecule has 0 radical (unpaired) electrons. The zero-order chi connectivity index (χ0) is 12.7. The Morgan fingerprint density at radius 1 is 1.41 bits per heavy atom. The van der Waals surface area contributed by atoms with Gasteiger partial charge in [-0.25, -0.2) is 9.97 Å². The molecule has 17 heavy (non-hydrogen) atoms. The molecule has 4 heteroatoms. The van der Waals surface area contributed by atoms with Crippen LogP contribution in [0.3, 0.4) is 0 Å². The highest BCUT2D eigenvalue weighted by Crippen LogP contribution is 2.17. The molecule has 0 spiro atoms. The molecule has 1 rings (SSSR count). The third-order valence-corrected chi connectivity index (χ3v) is 2.55. The summed E-state index contributed by atoms with van der Waals surface area (Å²) in [4.78, 5) is 8.83. The molecule has 0 bridgehead atoms. The van der Waals surface area contributed by atoms with E-state index in [2.05, 4.69) is 36.1 Å². The first kappa shape index (κ1) is 14.1. The Balaban J connectivity index is 2.69. The number of nitrogens with one attached hydrogen (secondary N) is 1. The fourth-order valence-electron chi connectivity index (χ4n) is 1.59. The zero-order valence-electron chi connectivity index (χ0n) is 11.2. The van der Waals surface area contributed by atoms with Crippen molar-refractivity contribution in [3.8, 4) is 0 Å². The van der Waals surface area contributed by atoms with Crippen molar-refractivity contribution >= 4 is 0 Å². The second-order valence-corrected chi connectivity index (χ2v) is 4.45. The lowest BCUT2D eigenvalue weighted by Crippen LogP contribution is -2.23. The minimum Gasteiger partial charge on any atom is -0.373 e.